The zero-order valence-corrected chi connectivity index (χ0v) is 12.5. The van der Waals surface area contributed by atoms with Crippen LogP contribution in [0.15, 0.2) is 12.1 Å². The summed E-state index contributed by atoms with van der Waals surface area (Å²) in [5, 5.41) is 12.9. The second kappa shape index (κ2) is 8.25. The SMILES string of the molecule is CCCOc1c(Cl)cc(CNCC(C)O)cc1OC. The van der Waals surface area contributed by atoms with Crippen molar-refractivity contribution in [2.45, 2.75) is 32.9 Å². The van der Waals surface area contributed by atoms with Crippen LogP contribution in [0.1, 0.15) is 25.8 Å². The lowest BCUT2D eigenvalue weighted by molar-refractivity contribution is 0.191. The fourth-order valence-corrected chi connectivity index (χ4v) is 1.93. The van der Waals surface area contributed by atoms with E-state index in [2.05, 4.69) is 5.32 Å². The Morgan fingerprint density at radius 1 is 1.42 bits per heavy atom. The maximum Gasteiger partial charge on any atom is 0.179 e. The average molecular weight is 288 g/mol. The zero-order chi connectivity index (χ0) is 14.3. The summed E-state index contributed by atoms with van der Waals surface area (Å²) in [6, 6.07) is 3.75. The minimum atomic E-state index is -0.371. The smallest absolute Gasteiger partial charge is 0.179 e. The van der Waals surface area contributed by atoms with Gasteiger partial charge in [0.05, 0.1) is 24.8 Å². The van der Waals surface area contributed by atoms with Crippen molar-refractivity contribution in [3.05, 3.63) is 22.7 Å². The molecule has 1 unspecified atom stereocenters. The second-order valence-corrected chi connectivity index (χ2v) is 4.84. The molecule has 0 aliphatic heterocycles. The molecule has 108 valence electrons. The van der Waals surface area contributed by atoms with Crippen molar-refractivity contribution < 1.29 is 14.6 Å². The number of methoxy groups -OCH3 is 1. The van der Waals surface area contributed by atoms with Gasteiger partial charge >= 0.3 is 0 Å². The fraction of sp³-hybridized carbons (Fsp3) is 0.571. The first-order chi connectivity index (χ1) is 9.08. The minimum Gasteiger partial charge on any atom is -0.493 e. The summed E-state index contributed by atoms with van der Waals surface area (Å²) in [5.41, 5.74) is 0.992. The lowest BCUT2D eigenvalue weighted by Gasteiger charge is -2.14. The van der Waals surface area contributed by atoms with Crippen LogP contribution < -0.4 is 14.8 Å². The van der Waals surface area contributed by atoms with Gasteiger partial charge in [0.1, 0.15) is 0 Å². The minimum absolute atomic E-state index is 0.371. The number of rotatable bonds is 8. The summed E-state index contributed by atoms with van der Waals surface area (Å²) in [5.74, 6) is 1.22. The monoisotopic (exact) mass is 287 g/mol. The van der Waals surface area contributed by atoms with Gasteiger partial charge in [0.15, 0.2) is 11.5 Å². The lowest BCUT2D eigenvalue weighted by atomic mass is 10.2. The van der Waals surface area contributed by atoms with Gasteiger partial charge < -0.3 is 19.9 Å². The first kappa shape index (κ1) is 16.1. The summed E-state index contributed by atoms with van der Waals surface area (Å²) < 4.78 is 10.9. The summed E-state index contributed by atoms with van der Waals surface area (Å²) in [6.45, 7) is 5.54. The topological polar surface area (TPSA) is 50.7 Å². The lowest BCUT2D eigenvalue weighted by Crippen LogP contribution is -2.23. The van der Waals surface area contributed by atoms with Gasteiger partial charge in [-0.2, -0.15) is 0 Å². The third-order valence-electron chi connectivity index (χ3n) is 2.51. The van der Waals surface area contributed by atoms with E-state index in [-0.39, 0.29) is 6.10 Å². The highest BCUT2D eigenvalue weighted by Gasteiger charge is 2.11. The number of hydrogen-bond acceptors (Lipinski definition) is 4. The Morgan fingerprint density at radius 3 is 2.74 bits per heavy atom. The molecule has 0 amide bonds. The third kappa shape index (κ3) is 5.27. The normalized spacial score (nSPS) is 12.3. The number of ether oxygens (including phenoxy) is 2. The molecular weight excluding hydrogens is 266 g/mol. The number of aliphatic hydroxyl groups is 1. The Labute approximate surface area is 119 Å². The van der Waals surface area contributed by atoms with Crippen molar-refractivity contribution in [3.8, 4) is 11.5 Å². The Hall–Kier alpha value is -0.970. The molecule has 0 heterocycles. The molecule has 0 aliphatic carbocycles. The Bertz CT molecular complexity index is 397. The van der Waals surface area contributed by atoms with E-state index in [0.29, 0.717) is 36.2 Å². The molecule has 0 aliphatic rings. The van der Waals surface area contributed by atoms with Crippen molar-refractivity contribution in [3.63, 3.8) is 0 Å². The molecule has 4 nitrogen and oxygen atoms in total. The van der Waals surface area contributed by atoms with Crippen LogP contribution in [-0.4, -0.2) is 31.5 Å². The molecule has 0 bridgehead atoms. The molecule has 1 aromatic carbocycles. The van der Waals surface area contributed by atoms with Crippen LogP contribution >= 0.6 is 11.6 Å². The molecule has 0 aromatic heterocycles. The maximum atomic E-state index is 9.19. The van der Waals surface area contributed by atoms with Crippen LogP contribution in [0, 0.1) is 0 Å². The van der Waals surface area contributed by atoms with Gasteiger partial charge in [0.2, 0.25) is 0 Å². The van der Waals surface area contributed by atoms with Crippen LogP contribution in [0.25, 0.3) is 0 Å². The number of nitrogens with one attached hydrogen (secondary N) is 1. The van der Waals surface area contributed by atoms with E-state index < -0.39 is 0 Å². The predicted octanol–water partition coefficient (Wildman–Crippen LogP) is 2.61. The standard InChI is InChI=1S/C14H22ClNO3/c1-4-5-19-14-12(15)6-11(7-13(14)18-3)9-16-8-10(2)17/h6-7,10,16-17H,4-5,8-9H2,1-3H3. The largest absolute Gasteiger partial charge is 0.493 e. The molecule has 1 rings (SSSR count). The molecule has 0 fully saturated rings. The number of benzene rings is 1. The summed E-state index contributed by atoms with van der Waals surface area (Å²) in [6.07, 6.45) is 0.543. The van der Waals surface area contributed by atoms with Gasteiger partial charge in [0.25, 0.3) is 0 Å². The highest BCUT2D eigenvalue weighted by Crippen LogP contribution is 2.36. The number of hydrogen-bond donors (Lipinski definition) is 2. The van der Waals surface area contributed by atoms with E-state index in [9.17, 15) is 5.11 Å². The molecular formula is C14H22ClNO3. The molecule has 0 spiro atoms. The second-order valence-electron chi connectivity index (χ2n) is 4.44. The van der Waals surface area contributed by atoms with E-state index in [1.54, 1.807) is 14.0 Å². The highest BCUT2D eigenvalue weighted by atomic mass is 35.5. The molecule has 0 saturated heterocycles. The van der Waals surface area contributed by atoms with Crippen LogP contribution in [-0.2, 0) is 6.54 Å². The van der Waals surface area contributed by atoms with Crippen molar-refractivity contribution in [2.24, 2.45) is 0 Å². The molecule has 2 N–H and O–H groups in total. The van der Waals surface area contributed by atoms with Gasteiger partial charge in [0, 0.05) is 13.1 Å². The van der Waals surface area contributed by atoms with Gasteiger partial charge in [-0.25, -0.2) is 0 Å². The summed E-state index contributed by atoms with van der Waals surface area (Å²) in [4.78, 5) is 0. The predicted molar refractivity (Wildman–Crippen MR) is 77.2 cm³/mol. The van der Waals surface area contributed by atoms with Gasteiger partial charge in [-0.3, -0.25) is 0 Å². The van der Waals surface area contributed by atoms with E-state index in [4.69, 9.17) is 21.1 Å². The van der Waals surface area contributed by atoms with E-state index in [1.807, 2.05) is 19.1 Å². The highest BCUT2D eigenvalue weighted by molar-refractivity contribution is 6.32. The maximum absolute atomic E-state index is 9.19. The molecule has 19 heavy (non-hydrogen) atoms. The number of halogens is 1. The van der Waals surface area contributed by atoms with Crippen molar-refractivity contribution in [1.29, 1.82) is 0 Å². The fourth-order valence-electron chi connectivity index (χ4n) is 1.64. The van der Waals surface area contributed by atoms with Crippen LogP contribution in [0.2, 0.25) is 5.02 Å². The first-order valence-electron chi connectivity index (χ1n) is 6.46. The molecule has 0 radical (unpaired) electrons. The van der Waals surface area contributed by atoms with Crippen LogP contribution in [0.4, 0.5) is 0 Å². The molecule has 0 saturated carbocycles. The van der Waals surface area contributed by atoms with Crippen molar-refractivity contribution in [1.82, 2.24) is 5.32 Å². The summed E-state index contributed by atoms with van der Waals surface area (Å²) >= 11 is 6.21. The zero-order valence-electron chi connectivity index (χ0n) is 11.7. The van der Waals surface area contributed by atoms with Crippen molar-refractivity contribution >= 4 is 11.6 Å². The Kier molecular flexibility index (Phi) is 6.99. The average Bonchev–Trinajstić information content (AvgIpc) is 2.36. The van der Waals surface area contributed by atoms with E-state index >= 15 is 0 Å². The van der Waals surface area contributed by atoms with E-state index in [0.717, 1.165) is 12.0 Å². The quantitative estimate of drug-likeness (QED) is 0.772. The first-order valence-corrected chi connectivity index (χ1v) is 6.84. The Morgan fingerprint density at radius 2 is 2.16 bits per heavy atom. The Balaban J connectivity index is 2.77. The number of aliphatic hydroxyl groups excluding tert-OH is 1. The molecule has 5 heteroatoms. The van der Waals surface area contributed by atoms with Gasteiger partial charge in [-0.05, 0) is 31.0 Å². The van der Waals surface area contributed by atoms with Crippen LogP contribution in [0.3, 0.4) is 0 Å². The van der Waals surface area contributed by atoms with E-state index in [1.165, 1.54) is 0 Å². The van der Waals surface area contributed by atoms with Gasteiger partial charge in [-0.1, -0.05) is 18.5 Å². The molecule has 1 atom stereocenters. The van der Waals surface area contributed by atoms with Gasteiger partial charge in [-0.15, -0.1) is 0 Å². The van der Waals surface area contributed by atoms with Crippen LogP contribution in [0.5, 0.6) is 11.5 Å². The molecule has 1 aromatic rings. The summed E-state index contributed by atoms with van der Waals surface area (Å²) in [7, 11) is 1.59. The third-order valence-corrected chi connectivity index (χ3v) is 2.79. The van der Waals surface area contributed by atoms with Crippen molar-refractivity contribution in [2.75, 3.05) is 20.3 Å².